The number of fused-ring (bicyclic) bond motifs is 4. The molecule has 0 aliphatic carbocycles. The predicted octanol–water partition coefficient (Wildman–Crippen LogP) is 22.6. The van der Waals surface area contributed by atoms with Crippen LogP contribution in [-0.4, -0.2) is 135 Å². The predicted molar refractivity (Wildman–Crippen MR) is 570 cm³/mol. The fourth-order valence-corrected chi connectivity index (χ4v) is 18.1. The Morgan fingerprint density at radius 3 is 0.766 bits per heavy atom. The molecule has 17 aromatic rings. The number of methoxy groups -OCH3 is 2. The van der Waals surface area contributed by atoms with Gasteiger partial charge in [-0.05, 0) is 205 Å². The van der Waals surface area contributed by atoms with Crippen molar-refractivity contribution in [2.75, 3.05) is 87.7 Å². The summed E-state index contributed by atoms with van der Waals surface area (Å²) in [5, 5.41) is 36.9. The fourth-order valence-electron chi connectivity index (χ4n) is 18.1. The van der Waals surface area contributed by atoms with Crippen LogP contribution in [0.5, 0.6) is 0 Å². The number of hydrogen-bond acceptors (Lipinski definition) is 12. The van der Waals surface area contributed by atoms with E-state index in [2.05, 4.69) is 416 Å². The summed E-state index contributed by atoms with van der Waals surface area (Å²) in [6, 6.07) is 111. The van der Waals surface area contributed by atoms with E-state index in [4.69, 9.17) is 33.8 Å². The molecule has 4 heterocycles. The Morgan fingerprint density at radius 2 is 0.518 bits per heavy atom. The van der Waals surface area contributed by atoms with Gasteiger partial charge in [-0.2, -0.15) is 0 Å². The number of imidazole rings is 4. The molecule has 141 heavy (non-hydrogen) atoms. The van der Waals surface area contributed by atoms with Crippen LogP contribution < -0.4 is 22.5 Å². The summed E-state index contributed by atoms with van der Waals surface area (Å²) in [4.78, 5) is 13.7. The van der Waals surface area contributed by atoms with Gasteiger partial charge in [-0.15, -0.1) is 0 Å². The van der Waals surface area contributed by atoms with Gasteiger partial charge in [0.15, 0.2) is 0 Å². The quantitative estimate of drug-likeness (QED) is 0.0214. The van der Waals surface area contributed by atoms with Crippen molar-refractivity contribution in [2.24, 2.45) is 0 Å². The highest BCUT2D eigenvalue weighted by Gasteiger charge is 2.27. The van der Waals surface area contributed by atoms with Crippen LogP contribution >= 0.6 is 0 Å². The number of aromatic nitrogens is 8. The number of likely N-dealkylation sites (N-methyl/N-ethyl adjacent to an activating group) is 1. The fraction of sp³-hybridized carbons (Fsp3) is 0.314. The molecule has 17 rings (SSSR count). The smallest absolute Gasteiger partial charge is 0.307 e. The number of nitrogens with one attached hydrogen (secondary N) is 4. The van der Waals surface area contributed by atoms with Crippen molar-refractivity contribution in [2.45, 2.75) is 164 Å². The van der Waals surface area contributed by atoms with E-state index in [0.29, 0.717) is 114 Å². The van der Waals surface area contributed by atoms with E-state index in [1.165, 1.54) is 102 Å². The zero-order chi connectivity index (χ0) is 99.4. The molecule has 4 aromatic heterocycles. The zero-order valence-electron chi connectivity index (χ0n) is 84.7. The van der Waals surface area contributed by atoms with Crippen molar-refractivity contribution in [3.63, 3.8) is 0 Å². The van der Waals surface area contributed by atoms with Gasteiger partial charge in [-0.1, -0.05) is 325 Å². The summed E-state index contributed by atoms with van der Waals surface area (Å²) in [5.41, 5.74) is 32.4. The third kappa shape index (κ3) is 27.9. The molecule has 0 radical (unpaired) electrons. The highest BCUT2D eigenvalue weighted by molar-refractivity contribution is 5.79. The minimum Gasteiger partial charge on any atom is -0.469 e. The van der Waals surface area contributed by atoms with Gasteiger partial charge in [0.05, 0.1) is 167 Å². The van der Waals surface area contributed by atoms with Gasteiger partial charge in [0.25, 0.3) is 0 Å². The lowest BCUT2D eigenvalue weighted by atomic mass is 10.0. The number of nitrogens with zero attached hydrogens (tertiary/aromatic N) is 9. The maximum Gasteiger partial charge on any atom is 0.307 e. The number of benzene rings is 13. The number of esters is 1. The van der Waals surface area contributed by atoms with Crippen LogP contribution in [0.4, 0.5) is 0 Å². The molecule has 20 heteroatoms. The standard InChI is InChI=1S/C35H39N3O.C29H36N4O.C29H33N3O3.C28H33N3O2/c1-25(2)31-19-17-30(18-20-31)23-39-24-32(21-28-13-9-26(3)10-14-28)38-34-8-6-5-7-33(34)37(35(38)36)22-29-15-11-27(4)12-16-29;1-22-9-13-24(14-10-22)19-26(21-34-18-17-31(3)4)33-28-8-6-5-7-27(28)32(29(33)30)20-25-15-11-23(2)12-16-25;1-21-8-12-23(13-9-21)18-25(20-35-17-16-28(33)34-3)32-27-7-5-4-6-26(27)31(29(32)30)19-24-14-10-22(2)11-15-24;1-21-8-12-23(13-9-21)18-25(20-33-17-16-32-3)31-27-7-5-4-6-26(27)30(28(31)29)19-24-14-10-22(2)11-15-24/h5-20,25,32,36H,21-24H2,1-4H3;5-16,26,30H,17-21H2,1-4H3;4-15,25,30H,16-20H2,1-3H3;4-15,25,29H,16-20H2,1-3H3/t32-;26-;2*25-/m0000/s1. The molecular formula is C121H141N13O7. The average Bonchev–Trinajstić information content (AvgIpc) is 1.63. The number of rotatable bonds is 40. The van der Waals surface area contributed by atoms with Crippen molar-refractivity contribution >= 4 is 50.1 Å². The van der Waals surface area contributed by atoms with E-state index in [-0.39, 0.29) is 43.2 Å². The Morgan fingerprint density at radius 1 is 0.284 bits per heavy atom. The molecule has 0 saturated heterocycles. The lowest BCUT2D eigenvalue weighted by Gasteiger charge is -2.21. The molecule has 0 unspecified atom stereocenters. The second-order valence-corrected chi connectivity index (χ2v) is 38.1. The number of aryl methyl sites for hydroxylation is 8. The van der Waals surface area contributed by atoms with Crippen LogP contribution in [0.15, 0.2) is 315 Å². The molecule has 0 aliphatic heterocycles. The van der Waals surface area contributed by atoms with E-state index in [9.17, 15) is 21.0 Å². The topological polar surface area (TPSA) is 211 Å². The number of para-hydroxylation sites is 8. The third-order valence-corrected chi connectivity index (χ3v) is 26.3. The van der Waals surface area contributed by atoms with Crippen LogP contribution in [0, 0.1) is 77.0 Å². The molecule has 0 fully saturated rings. The third-order valence-electron chi connectivity index (χ3n) is 26.3. The Balaban J connectivity index is 0.000000150. The van der Waals surface area contributed by atoms with Crippen molar-refractivity contribution in [1.29, 1.82) is 21.6 Å². The molecule has 4 N–H and O–H groups in total. The molecule has 0 bridgehead atoms. The van der Waals surface area contributed by atoms with E-state index in [0.717, 1.165) is 75.5 Å². The van der Waals surface area contributed by atoms with Crippen LogP contribution in [-0.2, 0) is 91.7 Å². The van der Waals surface area contributed by atoms with Crippen LogP contribution in [0.2, 0.25) is 0 Å². The van der Waals surface area contributed by atoms with Gasteiger partial charge in [0.2, 0.25) is 22.5 Å². The number of carbonyl (C=O) groups is 1. The normalized spacial score (nSPS) is 12.3. The second kappa shape index (κ2) is 50.3. The van der Waals surface area contributed by atoms with Crippen molar-refractivity contribution in [3.8, 4) is 0 Å². The molecule has 0 amide bonds. The summed E-state index contributed by atoms with van der Waals surface area (Å²) in [5.74, 6) is 0.228. The summed E-state index contributed by atoms with van der Waals surface area (Å²) in [6.07, 6.45) is 3.33. The molecule has 732 valence electrons. The van der Waals surface area contributed by atoms with Crippen LogP contribution in [0.25, 0.3) is 44.1 Å². The van der Waals surface area contributed by atoms with Crippen molar-refractivity contribution < 1.29 is 33.2 Å². The van der Waals surface area contributed by atoms with E-state index < -0.39 is 0 Å². The Labute approximate surface area is 831 Å². The lowest BCUT2D eigenvalue weighted by molar-refractivity contribution is -0.141. The largest absolute Gasteiger partial charge is 0.469 e. The molecule has 4 atom stereocenters. The number of hydrogen-bond donors (Lipinski definition) is 4. The minimum absolute atomic E-state index is 0.00114. The van der Waals surface area contributed by atoms with E-state index in [1.807, 2.05) is 24.3 Å². The summed E-state index contributed by atoms with van der Waals surface area (Å²) >= 11 is 0. The Bertz CT molecular complexity index is 7120. The minimum atomic E-state index is -0.288. The Kier molecular flexibility index (Phi) is 36.8. The SMILES string of the molecule is COC(=O)CCOC[C@H](Cc1ccc(C)cc1)n1c(=N)n(Cc2ccc(C)cc2)c2ccccc21.COCCOC[C@H](Cc1ccc(C)cc1)n1c(=N)n(Cc2ccc(C)cc2)c2ccccc21.Cc1ccc(C[C@@H](COCCN(C)C)n2c(=N)n(Cc3ccc(C)cc3)c3ccccc32)cc1.Cc1ccc(C[C@@H](COCc2ccc(C(C)C)cc2)n2c(=N)n(Cc3ccc(C)cc3)c3ccccc32)cc1. The van der Waals surface area contributed by atoms with Gasteiger partial charge in [-0.25, -0.2) is 0 Å². The van der Waals surface area contributed by atoms with Gasteiger partial charge in [0.1, 0.15) is 0 Å². The van der Waals surface area contributed by atoms with E-state index >= 15 is 0 Å². The maximum absolute atomic E-state index is 11.5. The maximum atomic E-state index is 11.5. The second-order valence-electron chi connectivity index (χ2n) is 38.1. The molecular weight excluding hydrogens is 1750 g/mol. The first-order valence-electron chi connectivity index (χ1n) is 49.4. The molecule has 0 saturated carbocycles. The van der Waals surface area contributed by atoms with Crippen LogP contribution in [0.3, 0.4) is 0 Å². The highest BCUT2D eigenvalue weighted by atomic mass is 16.5. The van der Waals surface area contributed by atoms with Gasteiger partial charge in [0, 0.05) is 13.7 Å². The average molecular weight is 1890 g/mol. The Hall–Kier alpha value is -13.8. The lowest BCUT2D eigenvalue weighted by Crippen LogP contribution is -2.32. The first-order chi connectivity index (χ1) is 68.3. The van der Waals surface area contributed by atoms with Crippen molar-refractivity contribution in [3.05, 3.63) is 438 Å². The van der Waals surface area contributed by atoms with Crippen molar-refractivity contribution in [1.82, 2.24) is 41.4 Å². The van der Waals surface area contributed by atoms with Gasteiger partial charge >= 0.3 is 5.97 Å². The molecule has 13 aromatic carbocycles. The first kappa shape index (κ1) is 103. The number of ether oxygens (including phenoxy) is 6. The molecule has 0 spiro atoms. The summed E-state index contributed by atoms with van der Waals surface area (Å²) < 4.78 is 51.3. The number of carbonyl (C=O) groups excluding carboxylic acids is 1. The van der Waals surface area contributed by atoms with E-state index in [1.54, 1.807) is 7.11 Å². The molecule has 0 aliphatic rings. The monoisotopic (exact) mass is 1890 g/mol. The van der Waals surface area contributed by atoms with Gasteiger partial charge in [-0.3, -0.25) is 26.4 Å². The van der Waals surface area contributed by atoms with Crippen LogP contribution in [0.1, 0.15) is 150 Å². The zero-order valence-corrected chi connectivity index (χ0v) is 84.7. The molecule has 20 nitrogen and oxygen atoms in total. The summed E-state index contributed by atoms with van der Waals surface area (Å²) in [6.45, 7) is 29.3. The summed E-state index contributed by atoms with van der Waals surface area (Å²) in [7, 11) is 7.18. The first-order valence-corrected chi connectivity index (χ1v) is 49.4. The highest BCUT2D eigenvalue weighted by Crippen LogP contribution is 2.30. The van der Waals surface area contributed by atoms with Gasteiger partial charge < -0.3 is 69.9 Å².